The predicted molar refractivity (Wildman–Crippen MR) is 97.9 cm³/mol. The van der Waals surface area contributed by atoms with Gasteiger partial charge in [-0.05, 0) is 64.2 Å². The summed E-state index contributed by atoms with van der Waals surface area (Å²) in [5, 5.41) is 0. The third-order valence-electron chi connectivity index (χ3n) is 5.44. The van der Waals surface area contributed by atoms with Crippen molar-refractivity contribution in [3.8, 4) is 0 Å². The number of hydrogen-bond donors (Lipinski definition) is 0. The van der Waals surface area contributed by atoms with Gasteiger partial charge in [-0.1, -0.05) is 49.0 Å². The fourth-order valence-electron chi connectivity index (χ4n) is 3.39. The van der Waals surface area contributed by atoms with E-state index in [1.54, 1.807) is 7.11 Å². The minimum absolute atomic E-state index is 0.203. The van der Waals surface area contributed by atoms with Crippen LogP contribution < -0.4 is 0 Å². The third-order valence-corrected chi connectivity index (χ3v) is 5.44. The molecule has 1 aliphatic rings. The van der Waals surface area contributed by atoms with Crippen LogP contribution in [0.5, 0.6) is 0 Å². The Bertz CT molecular complexity index is 466. The summed E-state index contributed by atoms with van der Waals surface area (Å²) in [6.07, 6.45) is 12.2. The molecule has 1 nitrogen and oxygen atoms in total. The Morgan fingerprint density at radius 2 is 1.95 bits per heavy atom. The van der Waals surface area contributed by atoms with E-state index in [0.29, 0.717) is 11.8 Å². The van der Waals surface area contributed by atoms with Crippen LogP contribution in [-0.4, -0.2) is 12.7 Å². The van der Waals surface area contributed by atoms with Crippen molar-refractivity contribution in [3.63, 3.8) is 0 Å². The summed E-state index contributed by atoms with van der Waals surface area (Å²) in [4.78, 5) is 0. The molecule has 1 fully saturated rings. The van der Waals surface area contributed by atoms with E-state index in [9.17, 15) is 0 Å². The fraction of sp³-hybridized carbons (Fsp3) is 0.619. The first-order chi connectivity index (χ1) is 10.1. The number of allylic oxidation sites excluding steroid dienone is 5. The second-order valence-electron chi connectivity index (χ2n) is 7.66. The Morgan fingerprint density at radius 3 is 2.45 bits per heavy atom. The smallest absolute Gasteiger partial charge is 0.0805 e. The molecule has 0 aliphatic heterocycles. The quantitative estimate of drug-likeness (QED) is 0.425. The van der Waals surface area contributed by atoms with Crippen molar-refractivity contribution in [2.45, 2.75) is 59.5 Å². The highest BCUT2D eigenvalue weighted by atomic mass is 16.5. The summed E-state index contributed by atoms with van der Waals surface area (Å²) in [6, 6.07) is 0. The lowest BCUT2D eigenvalue weighted by Gasteiger charge is -2.43. The first-order valence-corrected chi connectivity index (χ1v) is 8.35. The monoisotopic (exact) mass is 302 g/mol. The summed E-state index contributed by atoms with van der Waals surface area (Å²) in [6.45, 7) is 19.2. The zero-order chi connectivity index (χ0) is 17.0. The average Bonchev–Trinajstić information content (AvgIpc) is 2.47. The van der Waals surface area contributed by atoms with Crippen LogP contribution in [0.3, 0.4) is 0 Å². The largest absolute Gasteiger partial charge is 0.375 e. The zero-order valence-corrected chi connectivity index (χ0v) is 15.4. The lowest BCUT2D eigenvalue weighted by molar-refractivity contribution is 0.0656. The molecule has 22 heavy (non-hydrogen) atoms. The van der Waals surface area contributed by atoms with E-state index in [-0.39, 0.29) is 11.0 Å². The van der Waals surface area contributed by atoms with Gasteiger partial charge in [-0.3, -0.25) is 0 Å². The topological polar surface area (TPSA) is 9.23 Å². The first kappa shape index (κ1) is 19.0. The van der Waals surface area contributed by atoms with Gasteiger partial charge in [-0.15, -0.1) is 6.58 Å². The molecule has 1 aliphatic carbocycles. The van der Waals surface area contributed by atoms with Crippen molar-refractivity contribution < 1.29 is 4.74 Å². The van der Waals surface area contributed by atoms with E-state index in [0.717, 1.165) is 0 Å². The molecule has 2 unspecified atom stereocenters. The molecule has 0 heterocycles. The van der Waals surface area contributed by atoms with Crippen molar-refractivity contribution in [1.29, 1.82) is 0 Å². The van der Waals surface area contributed by atoms with Gasteiger partial charge < -0.3 is 4.74 Å². The van der Waals surface area contributed by atoms with Gasteiger partial charge in [0.2, 0.25) is 0 Å². The molecule has 0 radical (unpaired) electrons. The minimum Gasteiger partial charge on any atom is -0.375 e. The second kappa shape index (κ2) is 7.46. The normalized spacial score (nSPS) is 30.5. The standard InChI is InChI=1S/C21H34O/c1-9-21(7)14-12-18(15-19(21)16(2)3)17(4)11-10-13-20(5,6)22-8/h9-11,13,18-19H,1-2,12,14-15H2,3-8H3/b13-10+,17-11+/t18?,19?,21-/m0/s1. The molecule has 0 aromatic heterocycles. The number of hydrogen-bond acceptors (Lipinski definition) is 1. The highest BCUT2D eigenvalue weighted by Crippen LogP contribution is 2.48. The fourth-order valence-corrected chi connectivity index (χ4v) is 3.39. The summed E-state index contributed by atoms with van der Waals surface area (Å²) in [5.74, 6) is 1.18. The van der Waals surface area contributed by atoms with E-state index in [1.807, 2.05) is 0 Å². The summed E-state index contributed by atoms with van der Waals surface area (Å²) < 4.78 is 5.42. The van der Waals surface area contributed by atoms with Crippen LogP contribution in [0.1, 0.15) is 53.9 Å². The van der Waals surface area contributed by atoms with Gasteiger partial charge in [0, 0.05) is 7.11 Å². The van der Waals surface area contributed by atoms with Crippen molar-refractivity contribution in [1.82, 2.24) is 0 Å². The van der Waals surface area contributed by atoms with Gasteiger partial charge in [-0.25, -0.2) is 0 Å². The highest BCUT2D eigenvalue weighted by Gasteiger charge is 2.38. The zero-order valence-electron chi connectivity index (χ0n) is 15.4. The van der Waals surface area contributed by atoms with Gasteiger partial charge in [-0.2, -0.15) is 0 Å². The van der Waals surface area contributed by atoms with Gasteiger partial charge >= 0.3 is 0 Å². The van der Waals surface area contributed by atoms with Crippen LogP contribution in [0.25, 0.3) is 0 Å². The Hall–Kier alpha value is -1.08. The molecule has 0 amide bonds. The highest BCUT2D eigenvalue weighted by molar-refractivity contribution is 5.20. The van der Waals surface area contributed by atoms with Gasteiger partial charge in [0.05, 0.1) is 5.60 Å². The summed E-state index contributed by atoms with van der Waals surface area (Å²) in [5.41, 5.74) is 2.75. The van der Waals surface area contributed by atoms with Crippen LogP contribution in [-0.2, 0) is 4.74 Å². The van der Waals surface area contributed by atoms with Crippen LogP contribution in [0.4, 0.5) is 0 Å². The van der Waals surface area contributed by atoms with Gasteiger partial charge in [0.25, 0.3) is 0 Å². The van der Waals surface area contributed by atoms with Crippen LogP contribution in [0.2, 0.25) is 0 Å². The molecule has 1 rings (SSSR count). The van der Waals surface area contributed by atoms with E-state index >= 15 is 0 Å². The van der Waals surface area contributed by atoms with E-state index in [1.165, 1.54) is 30.4 Å². The van der Waals surface area contributed by atoms with E-state index in [4.69, 9.17) is 4.74 Å². The maximum absolute atomic E-state index is 5.42. The molecule has 0 saturated heterocycles. The van der Waals surface area contributed by atoms with Gasteiger partial charge in [0.1, 0.15) is 0 Å². The Morgan fingerprint density at radius 1 is 1.32 bits per heavy atom. The van der Waals surface area contributed by atoms with Crippen molar-refractivity contribution in [3.05, 3.63) is 48.6 Å². The second-order valence-corrected chi connectivity index (χ2v) is 7.66. The lowest BCUT2D eigenvalue weighted by Crippen LogP contribution is -2.33. The van der Waals surface area contributed by atoms with Crippen LogP contribution in [0, 0.1) is 17.3 Å². The lowest BCUT2D eigenvalue weighted by atomic mass is 9.61. The molecular formula is C21H34O. The molecule has 1 saturated carbocycles. The van der Waals surface area contributed by atoms with E-state index < -0.39 is 0 Å². The summed E-state index contributed by atoms with van der Waals surface area (Å²) in [7, 11) is 1.75. The molecular weight excluding hydrogens is 268 g/mol. The Labute approximate surface area is 137 Å². The maximum Gasteiger partial charge on any atom is 0.0805 e. The Balaban J connectivity index is 2.82. The van der Waals surface area contributed by atoms with Crippen molar-refractivity contribution >= 4 is 0 Å². The van der Waals surface area contributed by atoms with Crippen molar-refractivity contribution in [2.24, 2.45) is 17.3 Å². The minimum atomic E-state index is -0.203. The molecule has 0 aromatic carbocycles. The molecule has 0 N–H and O–H groups in total. The first-order valence-electron chi connectivity index (χ1n) is 8.35. The predicted octanol–water partition coefficient (Wildman–Crippen LogP) is 6.10. The number of ether oxygens (including phenoxy) is 1. The molecule has 1 heteroatoms. The third kappa shape index (κ3) is 4.71. The van der Waals surface area contributed by atoms with Crippen LogP contribution in [0.15, 0.2) is 48.6 Å². The molecule has 0 bridgehead atoms. The summed E-state index contributed by atoms with van der Waals surface area (Å²) >= 11 is 0. The molecule has 0 aromatic rings. The van der Waals surface area contributed by atoms with Crippen molar-refractivity contribution in [2.75, 3.05) is 7.11 Å². The number of rotatable bonds is 6. The number of methoxy groups -OCH3 is 1. The molecule has 3 atom stereocenters. The SMILES string of the molecule is C=C[C@@]1(C)CCC(/C(C)=C/C=C/C(C)(C)OC)CC1C(=C)C. The molecule has 0 spiro atoms. The van der Waals surface area contributed by atoms with E-state index in [2.05, 4.69) is 72.1 Å². The maximum atomic E-state index is 5.42. The average molecular weight is 303 g/mol. The van der Waals surface area contributed by atoms with Crippen LogP contribution >= 0.6 is 0 Å². The Kier molecular flexibility index (Phi) is 6.43. The molecule has 124 valence electrons. The van der Waals surface area contributed by atoms with Gasteiger partial charge in [0.15, 0.2) is 0 Å².